The molecule has 2 amide bonds. The molecule has 2 aromatic carbocycles. The van der Waals surface area contributed by atoms with Crippen molar-refractivity contribution in [1.82, 2.24) is 15.6 Å². The van der Waals surface area contributed by atoms with E-state index in [0.29, 0.717) is 17.8 Å². The summed E-state index contributed by atoms with van der Waals surface area (Å²) in [7, 11) is 0. The van der Waals surface area contributed by atoms with Gasteiger partial charge in [-0.05, 0) is 44.5 Å². The van der Waals surface area contributed by atoms with Gasteiger partial charge in [-0.3, -0.25) is 14.6 Å². The average molecular weight is 361 g/mol. The summed E-state index contributed by atoms with van der Waals surface area (Å²) < 4.78 is 0. The van der Waals surface area contributed by atoms with Gasteiger partial charge in [0.05, 0.1) is 16.8 Å². The molecule has 0 radical (unpaired) electrons. The van der Waals surface area contributed by atoms with Crippen LogP contribution in [0.2, 0.25) is 0 Å². The van der Waals surface area contributed by atoms with Gasteiger partial charge in [-0.1, -0.05) is 42.0 Å². The molecule has 1 atom stereocenters. The Morgan fingerprint density at radius 2 is 1.78 bits per heavy atom. The molecule has 5 heteroatoms. The average Bonchev–Trinajstić information content (AvgIpc) is 2.66. The maximum absolute atomic E-state index is 12.7. The topological polar surface area (TPSA) is 71.1 Å². The molecular weight excluding hydrogens is 338 g/mol. The van der Waals surface area contributed by atoms with E-state index < -0.39 is 6.04 Å². The Kier molecular flexibility index (Phi) is 5.50. The number of hydrogen-bond acceptors (Lipinski definition) is 3. The summed E-state index contributed by atoms with van der Waals surface area (Å²) in [5.41, 5.74) is 4.09. The lowest BCUT2D eigenvalue weighted by atomic mass is 10.1. The van der Waals surface area contributed by atoms with Gasteiger partial charge in [0.15, 0.2) is 0 Å². The molecule has 1 unspecified atom stereocenters. The Balaban J connectivity index is 1.68. The van der Waals surface area contributed by atoms with Crippen LogP contribution in [-0.4, -0.2) is 22.8 Å². The predicted octanol–water partition coefficient (Wildman–Crippen LogP) is 3.29. The van der Waals surface area contributed by atoms with E-state index in [-0.39, 0.29) is 11.8 Å². The largest absolute Gasteiger partial charge is 0.350 e. The summed E-state index contributed by atoms with van der Waals surface area (Å²) in [5, 5.41) is 6.51. The Bertz CT molecular complexity index is 984. The minimum absolute atomic E-state index is 0.227. The van der Waals surface area contributed by atoms with Crippen molar-refractivity contribution >= 4 is 22.7 Å². The van der Waals surface area contributed by atoms with Gasteiger partial charge in [0.2, 0.25) is 5.91 Å². The Labute approximate surface area is 158 Å². The molecule has 5 nitrogen and oxygen atoms in total. The van der Waals surface area contributed by atoms with Crippen molar-refractivity contribution in [3.05, 3.63) is 77.0 Å². The first-order valence-corrected chi connectivity index (χ1v) is 8.94. The van der Waals surface area contributed by atoms with Gasteiger partial charge >= 0.3 is 0 Å². The van der Waals surface area contributed by atoms with E-state index >= 15 is 0 Å². The lowest BCUT2D eigenvalue weighted by Gasteiger charge is -2.15. The molecule has 3 rings (SSSR count). The normalized spacial score (nSPS) is 11.8. The van der Waals surface area contributed by atoms with E-state index in [4.69, 9.17) is 0 Å². The second-order valence-corrected chi connectivity index (χ2v) is 6.72. The molecule has 0 aliphatic heterocycles. The highest BCUT2D eigenvalue weighted by Crippen LogP contribution is 2.18. The number of benzene rings is 2. The molecule has 0 aliphatic carbocycles. The lowest BCUT2D eigenvalue weighted by Crippen LogP contribution is -2.44. The van der Waals surface area contributed by atoms with Crippen LogP contribution in [0.15, 0.2) is 54.6 Å². The van der Waals surface area contributed by atoms with Gasteiger partial charge in [0.1, 0.15) is 6.04 Å². The summed E-state index contributed by atoms with van der Waals surface area (Å²) in [6, 6.07) is 16.8. The van der Waals surface area contributed by atoms with E-state index in [2.05, 4.69) is 15.6 Å². The molecule has 138 valence electrons. The number of aromatic nitrogens is 1. The van der Waals surface area contributed by atoms with E-state index in [1.54, 1.807) is 13.8 Å². The zero-order valence-corrected chi connectivity index (χ0v) is 15.7. The molecule has 0 aliphatic rings. The summed E-state index contributed by atoms with van der Waals surface area (Å²) in [6.45, 7) is 5.90. The number of carbonyl (C=O) groups excluding carboxylic acids is 2. The van der Waals surface area contributed by atoms with Gasteiger partial charge < -0.3 is 10.6 Å². The van der Waals surface area contributed by atoms with Crippen LogP contribution in [0.4, 0.5) is 0 Å². The summed E-state index contributed by atoms with van der Waals surface area (Å²) in [5.74, 6) is -0.528. The highest BCUT2D eigenvalue weighted by atomic mass is 16.2. The minimum Gasteiger partial charge on any atom is -0.350 e. The van der Waals surface area contributed by atoms with Crippen LogP contribution in [0, 0.1) is 13.8 Å². The van der Waals surface area contributed by atoms with Gasteiger partial charge in [0.25, 0.3) is 5.91 Å². The third-order valence-electron chi connectivity index (χ3n) is 4.46. The first kappa shape index (κ1) is 18.6. The van der Waals surface area contributed by atoms with Crippen molar-refractivity contribution in [2.45, 2.75) is 33.4 Å². The van der Waals surface area contributed by atoms with Crippen LogP contribution in [0.5, 0.6) is 0 Å². The van der Waals surface area contributed by atoms with Gasteiger partial charge in [-0.2, -0.15) is 0 Å². The molecule has 27 heavy (non-hydrogen) atoms. The summed E-state index contributed by atoms with van der Waals surface area (Å²) in [4.78, 5) is 29.4. The smallest absolute Gasteiger partial charge is 0.253 e. The first-order valence-electron chi connectivity index (χ1n) is 8.94. The molecule has 1 heterocycles. The molecule has 1 aromatic heterocycles. The third-order valence-corrected chi connectivity index (χ3v) is 4.46. The molecule has 2 N–H and O–H groups in total. The van der Waals surface area contributed by atoms with Crippen LogP contribution in [0.1, 0.15) is 34.1 Å². The monoisotopic (exact) mass is 361 g/mol. The summed E-state index contributed by atoms with van der Waals surface area (Å²) >= 11 is 0. The van der Waals surface area contributed by atoms with Crippen molar-refractivity contribution in [2.75, 3.05) is 0 Å². The number of carbonyl (C=O) groups is 2. The van der Waals surface area contributed by atoms with Gasteiger partial charge in [0, 0.05) is 11.9 Å². The number of nitrogens with one attached hydrogen (secondary N) is 2. The SMILES string of the molecule is Cc1ccc2nc(C)c(C(=O)NC(C)C(=O)NCc3ccccc3)cc2c1. The molecule has 0 bridgehead atoms. The van der Waals surface area contributed by atoms with E-state index in [1.807, 2.05) is 61.5 Å². The number of aryl methyl sites for hydroxylation is 2. The number of hydrogen-bond donors (Lipinski definition) is 2. The van der Waals surface area contributed by atoms with Gasteiger partial charge in [-0.15, -0.1) is 0 Å². The van der Waals surface area contributed by atoms with Crippen LogP contribution in [-0.2, 0) is 11.3 Å². The first-order chi connectivity index (χ1) is 12.9. The third kappa shape index (κ3) is 4.50. The second-order valence-electron chi connectivity index (χ2n) is 6.72. The highest BCUT2D eigenvalue weighted by molar-refractivity contribution is 6.00. The molecule has 0 spiro atoms. The van der Waals surface area contributed by atoms with Crippen LogP contribution >= 0.6 is 0 Å². The Hall–Kier alpha value is -3.21. The van der Waals surface area contributed by atoms with Gasteiger partial charge in [-0.25, -0.2) is 0 Å². The number of fused-ring (bicyclic) bond motifs is 1. The maximum atomic E-state index is 12.7. The van der Waals surface area contributed by atoms with Crippen molar-refractivity contribution < 1.29 is 9.59 Å². The van der Waals surface area contributed by atoms with E-state index in [1.165, 1.54) is 0 Å². The molecule has 0 saturated heterocycles. The van der Waals surface area contributed by atoms with E-state index in [0.717, 1.165) is 22.0 Å². The number of nitrogens with zero attached hydrogens (tertiary/aromatic N) is 1. The quantitative estimate of drug-likeness (QED) is 0.733. The fraction of sp³-hybridized carbons (Fsp3) is 0.227. The number of rotatable bonds is 5. The standard InChI is InChI=1S/C22H23N3O2/c1-14-9-10-20-18(11-14)12-19(15(2)24-20)22(27)25-16(3)21(26)23-13-17-7-5-4-6-8-17/h4-12,16H,13H2,1-3H3,(H,23,26)(H,25,27). The van der Waals surface area contributed by atoms with E-state index in [9.17, 15) is 9.59 Å². The Morgan fingerprint density at radius 3 is 2.52 bits per heavy atom. The highest BCUT2D eigenvalue weighted by Gasteiger charge is 2.18. The predicted molar refractivity (Wildman–Crippen MR) is 106 cm³/mol. The zero-order valence-electron chi connectivity index (χ0n) is 15.7. The van der Waals surface area contributed by atoms with Crippen LogP contribution < -0.4 is 10.6 Å². The van der Waals surface area contributed by atoms with Crippen molar-refractivity contribution in [3.63, 3.8) is 0 Å². The molecule has 0 saturated carbocycles. The van der Waals surface area contributed by atoms with Crippen molar-refractivity contribution in [2.24, 2.45) is 0 Å². The fourth-order valence-corrected chi connectivity index (χ4v) is 2.90. The lowest BCUT2D eigenvalue weighted by molar-refractivity contribution is -0.122. The minimum atomic E-state index is -0.645. The molecule has 3 aromatic rings. The Morgan fingerprint density at radius 1 is 1.04 bits per heavy atom. The number of amides is 2. The molecular formula is C22H23N3O2. The van der Waals surface area contributed by atoms with Crippen LogP contribution in [0.25, 0.3) is 10.9 Å². The number of pyridine rings is 1. The maximum Gasteiger partial charge on any atom is 0.253 e. The fourth-order valence-electron chi connectivity index (χ4n) is 2.90. The molecule has 0 fully saturated rings. The van der Waals surface area contributed by atoms with Crippen LogP contribution in [0.3, 0.4) is 0 Å². The second kappa shape index (κ2) is 7.99. The van der Waals surface area contributed by atoms with Crippen molar-refractivity contribution in [1.29, 1.82) is 0 Å². The zero-order chi connectivity index (χ0) is 19.4. The summed E-state index contributed by atoms with van der Waals surface area (Å²) in [6.07, 6.45) is 0. The van der Waals surface area contributed by atoms with Crippen molar-refractivity contribution in [3.8, 4) is 0 Å².